The molecular formula is C16H14NO3-. The van der Waals surface area contributed by atoms with Crippen LogP contribution in [0, 0.1) is 0 Å². The van der Waals surface area contributed by atoms with E-state index in [1.54, 1.807) is 54.6 Å². The van der Waals surface area contributed by atoms with Gasteiger partial charge in [-0.2, -0.15) is 0 Å². The topological polar surface area (TPSA) is 69.2 Å². The number of carbonyl (C=O) groups is 2. The summed E-state index contributed by atoms with van der Waals surface area (Å²) in [6.45, 7) is 0. The van der Waals surface area contributed by atoms with E-state index in [2.05, 4.69) is 5.32 Å². The summed E-state index contributed by atoms with van der Waals surface area (Å²) in [7, 11) is 0. The average molecular weight is 268 g/mol. The number of carbonyl (C=O) groups excluding carboxylic acids is 2. The summed E-state index contributed by atoms with van der Waals surface area (Å²) in [5.74, 6) is -1.53. The van der Waals surface area contributed by atoms with E-state index >= 15 is 0 Å². The van der Waals surface area contributed by atoms with Crippen molar-refractivity contribution >= 4 is 17.4 Å². The lowest BCUT2D eigenvalue weighted by molar-refractivity contribution is -0.306. The highest BCUT2D eigenvalue weighted by atomic mass is 16.4. The Bertz CT molecular complexity index is 581. The van der Waals surface area contributed by atoms with Gasteiger partial charge in [0.1, 0.15) is 0 Å². The Labute approximate surface area is 117 Å². The average Bonchev–Trinajstić information content (AvgIpc) is 2.48. The number of carboxylic acids is 1. The number of rotatable bonds is 6. The van der Waals surface area contributed by atoms with E-state index in [0.717, 1.165) is 0 Å². The number of Topliss-reactive ketones (excluding diaryl/α,β-unsaturated/α-hetero) is 1. The minimum Gasteiger partial charge on any atom is -0.548 e. The molecule has 0 saturated carbocycles. The molecule has 0 unspecified atom stereocenters. The molecular weight excluding hydrogens is 254 g/mol. The number of carboxylic acid groups (broad SMARTS) is 1. The van der Waals surface area contributed by atoms with Gasteiger partial charge >= 0.3 is 0 Å². The smallest absolute Gasteiger partial charge is 0.165 e. The van der Waals surface area contributed by atoms with Crippen LogP contribution in [0.4, 0.5) is 5.69 Å². The van der Waals surface area contributed by atoms with Crippen molar-refractivity contribution in [2.45, 2.75) is 12.5 Å². The predicted molar refractivity (Wildman–Crippen MR) is 74.2 cm³/mol. The van der Waals surface area contributed by atoms with E-state index in [0.29, 0.717) is 11.3 Å². The second-order valence-corrected chi connectivity index (χ2v) is 4.38. The molecule has 0 aliphatic rings. The molecule has 0 saturated heterocycles. The first-order chi connectivity index (χ1) is 9.66. The van der Waals surface area contributed by atoms with Crippen molar-refractivity contribution in [1.29, 1.82) is 0 Å². The number of nitrogens with one attached hydrogen (secondary N) is 1. The van der Waals surface area contributed by atoms with Gasteiger partial charge in [-0.05, 0) is 12.1 Å². The second-order valence-electron chi connectivity index (χ2n) is 4.38. The maximum atomic E-state index is 12.0. The van der Waals surface area contributed by atoms with E-state index in [-0.39, 0.29) is 12.2 Å². The van der Waals surface area contributed by atoms with Crippen molar-refractivity contribution in [3.63, 3.8) is 0 Å². The molecule has 0 aliphatic heterocycles. The highest BCUT2D eigenvalue weighted by Crippen LogP contribution is 2.11. The quantitative estimate of drug-likeness (QED) is 0.806. The van der Waals surface area contributed by atoms with Gasteiger partial charge in [-0.25, -0.2) is 0 Å². The molecule has 4 heteroatoms. The first kappa shape index (κ1) is 13.8. The number of benzene rings is 2. The maximum Gasteiger partial charge on any atom is 0.165 e. The molecule has 4 nitrogen and oxygen atoms in total. The van der Waals surface area contributed by atoms with E-state index in [4.69, 9.17) is 0 Å². The lowest BCUT2D eigenvalue weighted by Crippen LogP contribution is -2.42. The molecule has 0 spiro atoms. The zero-order valence-electron chi connectivity index (χ0n) is 10.8. The van der Waals surface area contributed by atoms with Crippen LogP contribution in [-0.2, 0) is 4.79 Å². The van der Waals surface area contributed by atoms with Crippen molar-refractivity contribution < 1.29 is 14.7 Å². The Balaban J connectivity index is 2.07. The van der Waals surface area contributed by atoms with E-state index in [9.17, 15) is 14.7 Å². The van der Waals surface area contributed by atoms with Crippen LogP contribution in [0.5, 0.6) is 0 Å². The first-order valence-corrected chi connectivity index (χ1v) is 6.27. The van der Waals surface area contributed by atoms with Crippen LogP contribution in [0.3, 0.4) is 0 Å². The summed E-state index contributed by atoms with van der Waals surface area (Å²) in [5.41, 5.74) is 1.14. The number of hydrogen-bond donors (Lipinski definition) is 1. The Morgan fingerprint density at radius 1 is 0.950 bits per heavy atom. The number of para-hydroxylation sites is 1. The molecule has 1 atom stereocenters. The highest BCUT2D eigenvalue weighted by molar-refractivity contribution is 5.99. The molecule has 0 fully saturated rings. The molecule has 2 aromatic rings. The number of ketones is 1. The van der Waals surface area contributed by atoms with Crippen molar-refractivity contribution in [3.05, 3.63) is 66.2 Å². The van der Waals surface area contributed by atoms with Crippen LogP contribution in [0.25, 0.3) is 0 Å². The summed E-state index contributed by atoms with van der Waals surface area (Å²) in [5, 5.41) is 13.9. The lowest BCUT2D eigenvalue weighted by atomic mass is 10.0. The fourth-order valence-electron chi connectivity index (χ4n) is 1.86. The minimum atomic E-state index is -1.29. The Morgan fingerprint density at radius 2 is 1.50 bits per heavy atom. The first-order valence-electron chi connectivity index (χ1n) is 6.27. The van der Waals surface area contributed by atoms with Gasteiger partial charge in [0.2, 0.25) is 0 Å². The van der Waals surface area contributed by atoms with Gasteiger partial charge in [0.05, 0.1) is 12.0 Å². The van der Waals surface area contributed by atoms with Gasteiger partial charge in [-0.15, -0.1) is 0 Å². The van der Waals surface area contributed by atoms with Crippen LogP contribution in [-0.4, -0.2) is 17.8 Å². The lowest BCUT2D eigenvalue weighted by Gasteiger charge is -2.20. The van der Waals surface area contributed by atoms with Crippen molar-refractivity contribution in [2.75, 3.05) is 5.32 Å². The third-order valence-corrected chi connectivity index (χ3v) is 2.88. The van der Waals surface area contributed by atoms with Crippen molar-refractivity contribution in [2.24, 2.45) is 0 Å². The van der Waals surface area contributed by atoms with Crippen molar-refractivity contribution in [3.8, 4) is 0 Å². The standard InChI is InChI=1S/C16H15NO3/c18-15(12-7-3-1-4-8-12)11-14(16(19)20)17-13-9-5-2-6-10-13/h1-10,14,17H,11H2,(H,19,20)/p-1/t14-/m1/s1. The molecule has 0 bridgehead atoms. The monoisotopic (exact) mass is 268 g/mol. The SMILES string of the molecule is O=C(C[C@@H](Nc1ccccc1)C(=O)[O-])c1ccccc1. The Morgan fingerprint density at radius 3 is 2.05 bits per heavy atom. The highest BCUT2D eigenvalue weighted by Gasteiger charge is 2.16. The number of anilines is 1. The summed E-state index contributed by atoms with van der Waals surface area (Å²) in [6.07, 6.45) is -0.152. The zero-order chi connectivity index (χ0) is 14.4. The minimum absolute atomic E-state index is 0.152. The van der Waals surface area contributed by atoms with Gasteiger partial charge < -0.3 is 15.2 Å². The Hall–Kier alpha value is -2.62. The number of hydrogen-bond acceptors (Lipinski definition) is 4. The normalized spacial score (nSPS) is 11.6. The molecule has 0 heterocycles. The van der Waals surface area contributed by atoms with E-state index in [1.165, 1.54) is 0 Å². The van der Waals surface area contributed by atoms with Gasteiger partial charge in [0, 0.05) is 17.7 Å². The van der Waals surface area contributed by atoms with Crippen LogP contribution >= 0.6 is 0 Å². The van der Waals surface area contributed by atoms with E-state index in [1.807, 2.05) is 6.07 Å². The third-order valence-electron chi connectivity index (χ3n) is 2.88. The van der Waals surface area contributed by atoms with Gasteiger partial charge in [0.25, 0.3) is 0 Å². The molecule has 20 heavy (non-hydrogen) atoms. The van der Waals surface area contributed by atoms with Crippen LogP contribution in [0.15, 0.2) is 60.7 Å². The molecule has 1 N–H and O–H groups in total. The van der Waals surface area contributed by atoms with Gasteiger partial charge in [-0.1, -0.05) is 48.5 Å². The van der Waals surface area contributed by atoms with Gasteiger partial charge in [-0.3, -0.25) is 4.79 Å². The molecule has 2 aromatic carbocycles. The Kier molecular flexibility index (Phi) is 4.50. The fourth-order valence-corrected chi connectivity index (χ4v) is 1.86. The zero-order valence-corrected chi connectivity index (χ0v) is 10.8. The fraction of sp³-hybridized carbons (Fsp3) is 0.125. The second kappa shape index (κ2) is 6.52. The van der Waals surface area contributed by atoms with Gasteiger partial charge in [0.15, 0.2) is 5.78 Å². The molecule has 2 rings (SSSR count). The molecule has 0 aliphatic carbocycles. The maximum absolute atomic E-state index is 12.0. The summed E-state index contributed by atoms with van der Waals surface area (Å²) in [6, 6.07) is 16.4. The molecule has 0 radical (unpaired) electrons. The summed E-state index contributed by atoms with van der Waals surface area (Å²) in [4.78, 5) is 23.2. The largest absolute Gasteiger partial charge is 0.548 e. The van der Waals surface area contributed by atoms with Crippen molar-refractivity contribution in [1.82, 2.24) is 0 Å². The van der Waals surface area contributed by atoms with Crippen LogP contribution in [0.1, 0.15) is 16.8 Å². The summed E-state index contributed by atoms with van der Waals surface area (Å²) >= 11 is 0. The molecule has 0 amide bonds. The van der Waals surface area contributed by atoms with Crippen LogP contribution < -0.4 is 10.4 Å². The molecule has 0 aromatic heterocycles. The predicted octanol–water partition coefficient (Wildman–Crippen LogP) is 1.49. The summed E-state index contributed by atoms with van der Waals surface area (Å²) < 4.78 is 0. The van der Waals surface area contributed by atoms with E-state index < -0.39 is 12.0 Å². The third kappa shape index (κ3) is 3.68. The van der Waals surface area contributed by atoms with Crippen LogP contribution in [0.2, 0.25) is 0 Å². The molecule has 102 valence electrons. The number of aliphatic carboxylic acids is 1.